The number of aromatic amines is 1. The number of rotatable bonds is 4. The van der Waals surface area contributed by atoms with Crippen molar-refractivity contribution in [1.82, 2.24) is 9.97 Å². The first kappa shape index (κ1) is 15.8. The molecule has 2 aromatic rings. The molecule has 0 amide bonds. The first-order valence-corrected chi connectivity index (χ1v) is 6.13. The SMILES string of the molecule is COCc1[nH]c(=O)nc(-c2ccc(F)c(F)c2)c1C(=O)OC. The number of carbonyl (C=O) groups is 1. The van der Waals surface area contributed by atoms with Gasteiger partial charge in [-0.15, -0.1) is 0 Å². The molecule has 0 saturated carbocycles. The molecule has 1 aromatic heterocycles. The number of methoxy groups -OCH3 is 2. The minimum Gasteiger partial charge on any atom is -0.465 e. The van der Waals surface area contributed by atoms with Gasteiger partial charge in [-0.1, -0.05) is 0 Å². The zero-order valence-corrected chi connectivity index (χ0v) is 11.8. The van der Waals surface area contributed by atoms with Gasteiger partial charge in [0.1, 0.15) is 5.56 Å². The summed E-state index contributed by atoms with van der Waals surface area (Å²) in [5.41, 5.74) is -0.729. The lowest BCUT2D eigenvalue weighted by Gasteiger charge is -2.11. The number of aromatic nitrogens is 2. The Morgan fingerprint density at radius 3 is 2.59 bits per heavy atom. The number of H-pyrrole nitrogens is 1. The van der Waals surface area contributed by atoms with E-state index in [1.54, 1.807) is 0 Å². The van der Waals surface area contributed by atoms with Gasteiger partial charge in [-0.3, -0.25) is 0 Å². The Morgan fingerprint density at radius 1 is 1.27 bits per heavy atom. The van der Waals surface area contributed by atoms with E-state index in [9.17, 15) is 18.4 Å². The fourth-order valence-corrected chi connectivity index (χ4v) is 1.95. The number of halogens is 2. The van der Waals surface area contributed by atoms with Gasteiger partial charge >= 0.3 is 11.7 Å². The number of benzene rings is 1. The Morgan fingerprint density at radius 2 is 2.00 bits per heavy atom. The molecule has 1 aromatic carbocycles. The summed E-state index contributed by atoms with van der Waals surface area (Å²) in [6.07, 6.45) is 0. The Balaban J connectivity index is 2.74. The summed E-state index contributed by atoms with van der Waals surface area (Å²) >= 11 is 0. The Bertz CT molecular complexity index is 774. The van der Waals surface area contributed by atoms with Crippen molar-refractivity contribution in [3.05, 3.63) is 51.6 Å². The first-order valence-electron chi connectivity index (χ1n) is 6.13. The molecule has 2 rings (SSSR count). The summed E-state index contributed by atoms with van der Waals surface area (Å²) in [5.74, 6) is -2.95. The van der Waals surface area contributed by atoms with Crippen molar-refractivity contribution >= 4 is 5.97 Å². The molecule has 0 bridgehead atoms. The van der Waals surface area contributed by atoms with E-state index >= 15 is 0 Å². The highest BCUT2D eigenvalue weighted by Gasteiger charge is 2.22. The van der Waals surface area contributed by atoms with Crippen molar-refractivity contribution in [1.29, 1.82) is 0 Å². The minimum absolute atomic E-state index is 0.0720. The van der Waals surface area contributed by atoms with Crippen LogP contribution in [0.1, 0.15) is 16.1 Å². The third-order valence-electron chi connectivity index (χ3n) is 2.88. The van der Waals surface area contributed by atoms with E-state index in [0.29, 0.717) is 0 Å². The first-order chi connectivity index (χ1) is 10.5. The molecule has 0 aliphatic rings. The minimum atomic E-state index is -1.12. The molecule has 8 heteroatoms. The predicted octanol–water partition coefficient (Wildman–Crippen LogP) is 1.65. The maximum atomic E-state index is 13.4. The molecular formula is C14H12F2N2O4. The topological polar surface area (TPSA) is 81.3 Å². The summed E-state index contributed by atoms with van der Waals surface area (Å²) in [5, 5.41) is 0. The molecule has 0 aliphatic heterocycles. The summed E-state index contributed by atoms with van der Waals surface area (Å²) in [6, 6.07) is 2.94. The lowest BCUT2D eigenvalue weighted by Crippen LogP contribution is -2.21. The number of ether oxygens (including phenoxy) is 2. The summed E-state index contributed by atoms with van der Waals surface area (Å²) in [6.45, 7) is -0.0845. The molecule has 0 fully saturated rings. The summed E-state index contributed by atoms with van der Waals surface area (Å²) in [7, 11) is 2.52. The highest BCUT2D eigenvalue weighted by atomic mass is 19.2. The van der Waals surface area contributed by atoms with E-state index in [1.165, 1.54) is 13.2 Å². The van der Waals surface area contributed by atoms with E-state index in [-0.39, 0.29) is 29.1 Å². The maximum absolute atomic E-state index is 13.4. The van der Waals surface area contributed by atoms with Crippen molar-refractivity contribution in [2.24, 2.45) is 0 Å². The van der Waals surface area contributed by atoms with Gasteiger partial charge in [-0.05, 0) is 18.2 Å². The van der Waals surface area contributed by atoms with Crippen LogP contribution in [0.2, 0.25) is 0 Å². The quantitative estimate of drug-likeness (QED) is 0.868. The molecule has 6 nitrogen and oxygen atoms in total. The number of nitrogens with one attached hydrogen (secondary N) is 1. The molecule has 1 N–H and O–H groups in total. The molecule has 0 radical (unpaired) electrons. The van der Waals surface area contributed by atoms with Crippen LogP contribution in [0.4, 0.5) is 8.78 Å². The van der Waals surface area contributed by atoms with E-state index in [0.717, 1.165) is 19.2 Å². The van der Waals surface area contributed by atoms with Crippen LogP contribution in [0.3, 0.4) is 0 Å². The van der Waals surface area contributed by atoms with E-state index in [1.807, 2.05) is 0 Å². The zero-order valence-electron chi connectivity index (χ0n) is 11.8. The number of esters is 1. The predicted molar refractivity (Wildman–Crippen MR) is 72.3 cm³/mol. The van der Waals surface area contributed by atoms with Gasteiger partial charge in [0.25, 0.3) is 0 Å². The Labute approximate surface area is 123 Å². The second-order valence-electron chi connectivity index (χ2n) is 4.30. The molecule has 0 aliphatic carbocycles. The lowest BCUT2D eigenvalue weighted by atomic mass is 10.0. The maximum Gasteiger partial charge on any atom is 0.345 e. The highest BCUT2D eigenvalue weighted by molar-refractivity contribution is 5.97. The number of hydrogen-bond acceptors (Lipinski definition) is 5. The van der Waals surface area contributed by atoms with Crippen molar-refractivity contribution in [2.75, 3.05) is 14.2 Å². The third-order valence-corrected chi connectivity index (χ3v) is 2.88. The normalized spacial score (nSPS) is 10.5. The van der Waals surface area contributed by atoms with Gasteiger partial charge < -0.3 is 14.5 Å². The average Bonchev–Trinajstić information content (AvgIpc) is 2.49. The second-order valence-corrected chi connectivity index (χ2v) is 4.30. The van der Waals surface area contributed by atoms with Crippen LogP contribution in [0.15, 0.2) is 23.0 Å². The summed E-state index contributed by atoms with van der Waals surface area (Å²) < 4.78 is 36.0. The van der Waals surface area contributed by atoms with Gasteiger partial charge in [-0.25, -0.2) is 18.4 Å². The molecule has 0 saturated heterocycles. The van der Waals surface area contributed by atoms with Crippen molar-refractivity contribution in [2.45, 2.75) is 6.61 Å². The van der Waals surface area contributed by atoms with Crippen LogP contribution in [0.5, 0.6) is 0 Å². The summed E-state index contributed by atoms with van der Waals surface area (Å²) in [4.78, 5) is 29.6. The molecule has 116 valence electrons. The van der Waals surface area contributed by atoms with Gasteiger partial charge in [0.15, 0.2) is 11.6 Å². The molecule has 0 spiro atoms. The second kappa shape index (κ2) is 6.44. The van der Waals surface area contributed by atoms with Crippen LogP contribution in [0, 0.1) is 11.6 Å². The van der Waals surface area contributed by atoms with Crippen LogP contribution in [-0.2, 0) is 16.1 Å². The van der Waals surface area contributed by atoms with Gasteiger partial charge in [0.05, 0.1) is 25.1 Å². The molecule has 1 heterocycles. The van der Waals surface area contributed by atoms with Crippen LogP contribution >= 0.6 is 0 Å². The molecule has 0 unspecified atom stereocenters. The fourth-order valence-electron chi connectivity index (χ4n) is 1.95. The Hall–Kier alpha value is -2.61. The molecule has 22 heavy (non-hydrogen) atoms. The zero-order chi connectivity index (χ0) is 16.3. The van der Waals surface area contributed by atoms with Gasteiger partial charge in [0, 0.05) is 12.7 Å². The van der Waals surface area contributed by atoms with Gasteiger partial charge in [-0.2, -0.15) is 4.98 Å². The fraction of sp³-hybridized carbons (Fsp3) is 0.214. The number of nitrogens with zero attached hydrogens (tertiary/aromatic N) is 1. The van der Waals surface area contributed by atoms with Gasteiger partial charge in [0.2, 0.25) is 0 Å². The van der Waals surface area contributed by atoms with Crippen molar-refractivity contribution < 1.29 is 23.0 Å². The molecule has 0 atom stereocenters. The molecular weight excluding hydrogens is 298 g/mol. The Kier molecular flexibility index (Phi) is 4.62. The standard InChI is InChI=1S/C14H12F2N2O4/c1-21-6-10-11(13(19)22-2)12(18-14(20)17-10)7-3-4-8(15)9(16)5-7/h3-5H,6H2,1-2H3,(H,17,18,20). The largest absolute Gasteiger partial charge is 0.465 e. The van der Waals surface area contributed by atoms with E-state index in [4.69, 9.17) is 4.74 Å². The monoisotopic (exact) mass is 310 g/mol. The third kappa shape index (κ3) is 3.01. The highest BCUT2D eigenvalue weighted by Crippen LogP contribution is 2.25. The van der Waals surface area contributed by atoms with Crippen molar-refractivity contribution in [3.8, 4) is 11.3 Å². The average molecular weight is 310 g/mol. The lowest BCUT2D eigenvalue weighted by molar-refractivity contribution is 0.0595. The van der Waals surface area contributed by atoms with E-state index < -0.39 is 23.3 Å². The van der Waals surface area contributed by atoms with Crippen LogP contribution in [0.25, 0.3) is 11.3 Å². The van der Waals surface area contributed by atoms with Crippen LogP contribution < -0.4 is 5.69 Å². The number of hydrogen-bond donors (Lipinski definition) is 1. The van der Waals surface area contributed by atoms with Crippen molar-refractivity contribution in [3.63, 3.8) is 0 Å². The van der Waals surface area contributed by atoms with E-state index in [2.05, 4.69) is 14.7 Å². The number of carbonyl (C=O) groups excluding carboxylic acids is 1. The smallest absolute Gasteiger partial charge is 0.345 e. The van der Waals surface area contributed by atoms with Crippen LogP contribution in [-0.4, -0.2) is 30.2 Å².